The monoisotopic (exact) mass is 344 g/mol. The van der Waals surface area contributed by atoms with Gasteiger partial charge < -0.3 is 5.32 Å². The van der Waals surface area contributed by atoms with Crippen LogP contribution < -0.4 is 10.0 Å². The van der Waals surface area contributed by atoms with Crippen molar-refractivity contribution in [2.24, 2.45) is 5.92 Å². The van der Waals surface area contributed by atoms with Gasteiger partial charge in [0, 0.05) is 18.7 Å². The number of nitrogens with one attached hydrogen (secondary N) is 2. The fraction of sp³-hybridized carbons (Fsp3) is 0.278. The fourth-order valence-corrected chi connectivity index (χ4v) is 3.98. The number of carbonyl (C=O) groups is 1. The summed E-state index contributed by atoms with van der Waals surface area (Å²) in [5.74, 6) is 0.155. The van der Waals surface area contributed by atoms with Crippen molar-refractivity contribution in [3.05, 3.63) is 60.2 Å². The first kappa shape index (κ1) is 16.7. The van der Waals surface area contributed by atoms with E-state index >= 15 is 0 Å². The smallest absolute Gasteiger partial charge is 0.241 e. The van der Waals surface area contributed by atoms with Gasteiger partial charge in [-0.2, -0.15) is 0 Å². The van der Waals surface area contributed by atoms with Crippen LogP contribution in [0.3, 0.4) is 0 Å². The standard InChI is InChI=1S/C18H20N2O3S/c1-13(21)19-16-9-11-17(12-10-16)24(22,23)20-18(15-7-8-15)14-5-3-2-4-6-14/h2-6,9-12,15,18,20H,7-8H2,1H3,(H,19,21)/t18-/m1/s1. The molecule has 0 saturated heterocycles. The zero-order valence-corrected chi connectivity index (χ0v) is 14.2. The molecule has 0 aliphatic heterocycles. The second kappa shape index (κ2) is 6.75. The van der Waals surface area contributed by atoms with E-state index < -0.39 is 10.0 Å². The topological polar surface area (TPSA) is 75.3 Å². The minimum absolute atomic E-state index is 0.193. The van der Waals surface area contributed by atoms with Gasteiger partial charge in [-0.3, -0.25) is 4.79 Å². The molecule has 2 aromatic carbocycles. The molecule has 2 aromatic rings. The molecule has 1 aliphatic rings. The Bertz CT molecular complexity index is 813. The quantitative estimate of drug-likeness (QED) is 0.845. The van der Waals surface area contributed by atoms with Crippen LogP contribution in [-0.4, -0.2) is 14.3 Å². The van der Waals surface area contributed by atoms with Crippen LogP contribution in [0.1, 0.15) is 31.4 Å². The minimum Gasteiger partial charge on any atom is -0.326 e. The van der Waals surface area contributed by atoms with E-state index in [0.29, 0.717) is 11.6 Å². The maximum atomic E-state index is 12.7. The third-order valence-corrected chi connectivity index (χ3v) is 5.48. The molecule has 0 bridgehead atoms. The summed E-state index contributed by atoms with van der Waals surface area (Å²) < 4.78 is 28.2. The van der Waals surface area contributed by atoms with E-state index in [1.165, 1.54) is 19.1 Å². The number of hydrogen-bond donors (Lipinski definition) is 2. The SMILES string of the molecule is CC(=O)Nc1ccc(S(=O)(=O)N[C@H](c2ccccc2)C2CC2)cc1. The molecule has 1 atom stereocenters. The third kappa shape index (κ3) is 4.01. The zero-order chi connectivity index (χ0) is 17.2. The normalized spacial score (nSPS) is 15.7. The Labute approximate surface area is 142 Å². The molecule has 24 heavy (non-hydrogen) atoms. The molecule has 126 valence electrons. The minimum atomic E-state index is -3.62. The second-order valence-electron chi connectivity index (χ2n) is 6.05. The molecule has 3 rings (SSSR count). The van der Waals surface area contributed by atoms with E-state index in [-0.39, 0.29) is 16.8 Å². The van der Waals surface area contributed by atoms with Crippen LogP contribution in [0.15, 0.2) is 59.5 Å². The molecule has 0 unspecified atom stereocenters. The Hall–Kier alpha value is -2.18. The lowest BCUT2D eigenvalue weighted by Gasteiger charge is -2.19. The van der Waals surface area contributed by atoms with Crippen LogP contribution in [-0.2, 0) is 14.8 Å². The highest BCUT2D eigenvalue weighted by Crippen LogP contribution is 2.41. The van der Waals surface area contributed by atoms with Crippen molar-refractivity contribution in [2.75, 3.05) is 5.32 Å². The molecule has 1 saturated carbocycles. The molecule has 5 nitrogen and oxygen atoms in total. The van der Waals surface area contributed by atoms with Crippen molar-refractivity contribution >= 4 is 21.6 Å². The highest BCUT2D eigenvalue weighted by molar-refractivity contribution is 7.89. The fourth-order valence-electron chi connectivity index (χ4n) is 2.68. The van der Waals surface area contributed by atoms with Gasteiger partial charge in [0.15, 0.2) is 0 Å². The summed E-state index contributed by atoms with van der Waals surface area (Å²) in [6.45, 7) is 1.41. The van der Waals surface area contributed by atoms with Crippen LogP contribution in [0.25, 0.3) is 0 Å². The highest BCUT2D eigenvalue weighted by Gasteiger charge is 2.35. The summed E-state index contributed by atoms with van der Waals surface area (Å²) in [4.78, 5) is 11.2. The first-order valence-electron chi connectivity index (χ1n) is 7.90. The van der Waals surface area contributed by atoms with E-state index in [0.717, 1.165) is 18.4 Å². The molecule has 1 fully saturated rings. The van der Waals surface area contributed by atoms with Gasteiger partial charge >= 0.3 is 0 Å². The molecule has 6 heteroatoms. The van der Waals surface area contributed by atoms with Gasteiger partial charge in [0.25, 0.3) is 0 Å². The van der Waals surface area contributed by atoms with Crippen LogP contribution in [0.2, 0.25) is 0 Å². The molecule has 1 aliphatic carbocycles. The third-order valence-electron chi connectivity index (χ3n) is 4.02. The van der Waals surface area contributed by atoms with Crippen molar-refractivity contribution in [1.82, 2.24) is 4.72 Å². The van der Waals surface area contributed by atoms with Gasteiger partial charge in [0.05, 0.1) is 4.90 Å². The lowest BCUT2D eigenvalue weighted by molar-refractivity contribution is -0.114. The largest absolute Gasteiger partial charge is 0.326 e. The predicted molar refractivity (Wildman–Crippen MR) is 93.0 cm³/mol. The van der Waals surface area contributed by atoms with E-state index in [1.54, 1.807) is 12.1 Å². The van der Waals surface area contributed by atoms with Gasteiger partial charge in [-0.15, -0.1) is 0 Å². The molecule has 0 heterocycles. The zero-order valence-electron chi connectivity index (χ0n) is 13.4. The molecule has 0 aromatic heterocycles. The Morgan fingerprint density at radius 3 is 2.21 bits per heavy atom. The molecule has 1 amide bonds. The van der Waals surface area contributed by atoms with Crippen LogP contribution >= 0.6 is 0 Å². The van der Waals surface area contributed by atoms with Crippen LogP contribution in [0, 0.1) is 5.92 Å². The molecule has 0 radical (unpaired) electrons. The Kier molecular flexibility index (Phi) is 4.69. The lowest BCUT2D eigenvalue weighted by Crippen LogP contribution is -2.30. The maximum Gasteiger partial charge on any atom is 0.241 e. The Morgan fingerprint density at radius 2 is 1.67 bits per heavy atom. The average molecular weight is 344 g/mol. The molecular formula is C18H20N2O3S. The molecule has 2 N–H and O–H groups in total. The first-order chi connectivity index (χ1) is 11.5. The van der Waals surface area contributed by atoms with E-state index in [9.17, 15) is 13.2 Å². The number of hydrogen-bond acceptors (Lipinski definition) is 3. The summed E-state index contributed by atoms with van der Waals surface area (Å²) in [5.41, 5.74) is 1.56. The van der Waals surface area contributed by atoms with Crippen molar-refractivity contribution in [2.45, 2.75) is 30.7 Å². The van der Waals surface area contributed by atoms with E-state index in [1.807, 2.05) is 30.3 Å². The summed E-state index contributed by atoms with van der Waals surface area (Å²) in [7, 11) is -3.62. The van der Waals surface area contributed by atoms with Gasteiger partial charge in [0.1, 0.15) is 0 Å². The predicted octanol–water partition coefficient (Wildman–Crippen LogP) is 3.07. The second-order valence-corrected chi connectivity index (χ2v) is 7.77. The number of sulfonamides is 1. The molecule has 0 spiro atoms. The van der Waals surface area contributed by atoms with E-state index in [2.05, 4.69) is 10.0 Å². The van der Waals surface area contributed by atoms with Crippen LogP contribution in [0.4, 0.5) is 5.69 Å². The van der Waals surface area contributed by atoms with Crippen molar-refractivity contribution in [3.63, 3.8) is 0 Å². The van der Waals surface area contributed by atoms with Gasteiger partial charge in [-0.1, -0.05) is 30.3 Å². The van der Waals surface area contributed by atoms with E-state index in [4.69, 9.17) is 0 Å². The van der Waals surface area contributed by atoms with Crippen LogP contribution in [0.5, 0.6) is 0 Å². The number of carbonyl (C=O) groups excluding carboxylic acids is 1. The summed E-state index contributed by atoms with van der Waals surface area (Å²) in [6.07, 6.45) is 2.06. The Morgan fingerprint density at radius 1 is 1.04 bits per heavy atom. The summed E-state index contributed by atoms with van der Waals surface area (Å²) in [5, 5.41) is 2.62. The molecular weight excluding hydrogens is 324 g/mol. The first-order valence-corrected chi connectivity index (χ1v) is 9.39. The van der Waals surface area contributed by atoms with Gasteiger partial charge in [-0.25, -0.2) is 13.1 Å². The maximum absolute atomic E-state index is 12.7. The summed E-state index contributed by atoms with van der Waals surface area (Å²) >= 11 is 0. The average Bonchev–Trinajstić information content (AvgIpc) is 3.38. The number of anilines is 1. The lowest BCUT2D eigenvalue weighted by atomic mass is 10.0. The van der Waals surface area contributed by atoms with Crippen molar-refractivity contribution in [1.29, 1.82) is 0 Å². The van der Waals surface area contributed by atoms with Gasteiger partial charge in [0.2, 0.25) is 15.9 Å². The summed E-state index contributed by atoms with van der Waals surface area (Å²) in [6, 6.07) is 15.6. The van der Waals surface area contributed by atoms with Crippen molar-refractivity contribution < 1.29 is 13.2 Å². The van der Waals surface area contributed by atoms with Gasteiger partial charge in [-0.05, 0) is 48.6 Å². The number of amides is 1. The van der Waals surface area contributed by atoms with Crippen molar-refractivity contribution in [3.8, 4) is 0 Å². The number of benzene rings is 2. The number of rotatable bonds is 6. The Balaban J connectivity index is 1.80. The highest BCUT2D eigenvalue weighted by atomic mass is 32.2.